The molecule has 1 aliphatic rings. The Morgan fingerprint density at radius 3 is 3.10 bits per heavy atom. The summed E-state index contributed by atoms with van der Waals surface area (Å²) in [6, 6.07) is 4.17. The van der Waals surface area contributed by atoms with Crippen LogP contribution in [0.3, 0.4) is 0 Å². The minimum Gasteiger partial charge on any atom is -0.389 e. The Hall–Kier alpha value is -2.06. The molecule has 2 heterocycles. The number of fused-ring (bicyclic) bond motifs is 1. The van der Waals surface area contributed by atoms with E-state index in [1.807, 2.05) is 13.0 Å². The molecule has 102 valence electrons. The molecule has 3 rings (SSSR count). The summed E-state index contributed by atoms with van der Waals surface area (Å²) >= 11 is 1.53. The zero-order valence-corrected chi connectivity index (χ0v) is 12.1. The zero-order chi connectivity index (χ0) is 14.3. The van der Waals surface area contributed by atoms with Gasteiger partial charge in [0, 0.05) is 16.9 Å². The quantitative estimate of drug-likeness (QED) is 0.913. The Morgan fingerprint density at radius 1 is 1.65 bits per heavy atom. The lowest BCUT2D eigenvalue weighted by Crippen LogP contribution is -2.09. The molecule has 20 heavy (non-hydrogen) atoms. The number of hydrogen-bond donors (Lipinski definition) is 1. The molecule has 2 aromatic rings. The van der Waals surface area contributed by atoms with Gasteiger partial charge in [-0.15, -0.1) is 11.3 Å². The molecule has 0 spiro atoms. The number of aromatic nitrogens is 1. The summed E-state index contributed by atoms with van der Waals surface area (Å²) in [5, 5.41) is 14.0. The van der Waals surface area contributed by atoms with Crippen molar-refractivity contribution < 1.29 is 4.52 Å². The first kappa shape index (κ1) is 12.9. The van der Waals surface area contributed by atoms with Gasteiger partial charge >= 0.3 is 0 Å². The smallest absolute Gasteiger partial charge is 0.144 e. The molecule has 0 saturated carbocycles. The van der Waals surface area contributed by atoms with E-state index in [0.29, 0.717) is 10.6 Å². The maximum absolute atomic E-state index is 9.34. The van der Waals surface area contributed by atoms with E-state index >= 15 is 0 Å². The molecular weight excluding hydrogens is 270 g/mol. The largest absolute Gasteiger partial charge is 0.389 e. The first-order valence-electron chi connectivity index (χ1n) is 6.55. The number of nitriles is 1. The minimum atomic E-state index is 0.0857. The van der Waals surface area contributed by atoms with Crippen LogP contribution >= 0.6 is 11.3 Å². The first-order valence-corrected chi connectivity index (χ1v) is 7.37. The SMILES string of the molecule is C=C(C)c1cc(C2CCCc3sc(N)c(C#N)c32)on1. The van der Waals surface area contributed by atoms with Crippen LogP contribution in [0.15, 0.2) is 17.2 Å². The highest BCUT2D eigenvalue weighted by atomic mass is 32.1. The highest BCUT2D eigenvalue weighted by Gasteiger charge is 2.31. The number of aryl methyl sites for hydroxylation is 1. The fourth-order valence-corrected chi connectivity index (χ4v) is 3.85. The van der Waals surface area contributed by atoms with Gasteiger partial charge in [-0.25, -0.2) is 0 Å². The minimum absolute atomic E-state index is 0.0857. The lowest BCUT2D eigenvalue weighted by molar-refractivity contribution is 0.360. The van der Waals surface area contributed by atoms with Gasteiger partial charge in [0.05, 0.1) is 5.56 Å². The van der Waals surface area contributed by atoms with E-state index in [1.165, 1.54) is 16.2 Å². The molecule has 1 atom stereocenters. The van der Waals surface area contributed by atoms with Gasteiger partial charge in [0.2, 0.25) is 0 Å². The second-order valence-corrected chi connectivity index (χ2v) is 6.27. The Labute approximate surface area is 121 Å². The van der Waals surface area contributed by atoms with Crippen LogP contribution in [0.25, 0.3) is 5.57 Å². The van der Waals surface area contributed by atoms with Crippen molar-refractivity contribution in [2.45, 2.75) is 32.1 Å². The highest BCUT2D eigenvalue weighted by Crippen LogP contribution is 2.45. The maximum Gasteiger partial charge on any atom is 0.144 e. The summed E-state index contributed by atoms with van der Waals surface area (Å²) in [6.45, 7) is 5.77. The fraction of sp³-hybridized carbons (Fsp3) is 0.333. The molecule has 1 aliphatic carbocycles. The molecule has 0 aromatic carbocycles. The van der Waals surface area contributed by atoms with E-state index in [2.05, 4.69) is 17.8 Å². The molecule has 2 N–H and O–H groups in total. The monoisotopic (exact) mass is 285 g/mol. The van der Waals surface area contributed by atoms with Crippen LogP contribution in [0, 0.1) is 11.3 Å². The van der Waals surface area contributed by atoms with Gasteiger partial charge in [0.25, 0.3) is 0 Å². The van der Waals surface area contributed by atoms with Gasteiger partial charge in [-0.2, -0.15) is 5.26 Å². The van der Waals surface area contributed by atoms with Crippen molar-refractivity contribution >= 4 is 21.9 Å². The number of anilines is 1. The molecule has 4 nitrogen and oxygen atoms in total. The number of nitrogens with zero attached hydrogens (tertiary/aromatic N) is 2. The molecule has 0 fully saturated rings. The van der Waals surface area contributed by atoms with Crippen LogP contribution in [0.5, 0.6) is 0 Å². The molecule has 0 aliphatic heterocycles. The Balaban J connectivity index is 2.09. The normalized spacial score (nSPS) is 17.5. The Bertz CT molecular complexity index is 720. The second kappa shape index (κ2) is 4.80. The molecule has 0 saturated heterocycles. The topological polar surface area (TPSA) is 75.8 Å². The van der Waals surface area contributed by atoms with Gasteiger partial charge in [-0.3, -0.25) is 0 Å². The summed E-state index contributed by atoms with van der Waals surface area (Å²) in [5.41, 5.74) is 9.27. The van der Waals surface area contributed by atoms with E-state index in [0.717, 1.165) is 41.9 Å². The third-order valence-corrected chi connectivity index (χ3v) is 4.81. The summed E-state index contributed by atoms with van der Waals surface area (Å²) in [7, 11) is 0. The van der Waals surface area contributed by atoms with Crippen molar-refractivity contribution in [2.75, 3.05) is 5.73 Å². The number of nitrogen functional groups attached to an aromatic ring is 1. The van der Waals surface area contributed by atoms with Crippen LogP contribution in [0.4, 0.5) is 5.00 Å². The van der Waals surface area contributed by atoms with Gasteiger partial charge in [0.1, 0.15) is 22.5 Å². The molecule has 1 unspecified atom stereocenters. The lowest BCUT2D eigenvalue weighted by atomic mass is 9.83. The molecule has 0 radical (unpaired) electrons. The van der Waals surface area contributed by atoms with Gasteiger partial charge in [-0.1, -0.05) is 11.7 Å². The summed E-state index contributed by atoms with van der Waals surface area (Å²) in [6.07, 6.45) is 3.03. The van der Waals surface area contributed by atoms with Crippen molar-refractivity contribution in [3.63, 3.8) is 0 Å². The fourth-order valence-electron chi connectivity index (χ4n) is 2.73. The van der Waals surface area contributed by atoms with Gasteiger partial charge in [0.15, 0.2) is 0 Å². The Kier molecular flexibility index (Phi) is 3.11. The second-order valence-electron chi connectivity index (χ2n) is 5.13. The molecular formula is C15H15N3OS. The van der Waals surface area contributed by atoms with Crippen molar-refractivity contribution in [2.24, 2.45) is 0 Å². The third kappa shape index (κ3) is 1.93. The summed E-state index contributed by atoms with van der Waals surface area (Å²) in [5.74, 6) is 0.890. The van der Waals surface area contributed by atoms with Crippen molar-refractivity contribution in [3.05, 3.63) is 40.1 Å². The predicted molar refractivity (Wildman–Crippen MR) is 79.4 cm³/mol. The van der Waals surface area contributed by atoms with Crippen LogP contribution in [-0.4, -0.2) is 5.16 Å². The van der Waals surface area contributed by atoms with Crippen LogP contribution < -0.4 is 5.73 Å². The summed E-state index contributed by atoms with van der Waals surface area (Å²) < 4.78 is 5.47. The molecule has 0 bridgehead atoms. The van der Waals surface area contributed by atoms with E-state index in [4.69, 9.17) is 10.3 Å². The zero-order valence-electron chi connectivity index (χ0n) is 11.3. The number of allylic oxidation sites excluding steroid dienone is 1. The average Bonchev–Trinajstić information content (AvgIpc) is 3.01. The number of rotatable bonds is 2. The van der Waals surface area contributed by atoms with Crippen LogP contribution in [0.1, 0.15) is 53.1 Å². The van der Waals surface area contributed by atoms with Crippen molar-refractivity contribution in [3.8, 4) is 6.07 Å². The average molecular weight is 285 g/mol. The number of nitrogens with two attached hydrogens (primary N) is 1. The molecule has 5 heteroatoms. The highest BCUT2D eigenvalue weighted by molar-refractivity contribution is 7.16. The predicted octanol–water partition coefficient (Wildman–Crippen LogP) is 3.69. The molecule has 2 aromatic heterocycles. The van der Waals surface area contributed by atoms with Crippen molar-refractivity contribution in [1.29, 1.82) is 5.26 Å². The standard InChI is InChI=1S/C15H15N3OS/c1-8(2)11-6-12(19-18-11)9-4-3-5-13-14(9)10(7-16)15(17)20-13/h6,9H,1,3-5,17H2,2H3. The van der Waals surface area contributed by atoms with E-state index < -0.39 is 0 Å². The van der Waals surface area contributed by atoms with Gasteiger partial charge in [-0.05, 0) is 37.3 Å². The third-order valence-electron chi connectivity index (χ3n) is 3.72. The number of thiophene rings is 1. The molecule has 0 amide bonds. The summed E-state index contributed by atoms with van der Waals surface area (Å²) in [4.78, 5) is 1.21. The van der Waals surface area contributed by atoms with E-state index in [9.17, 15) is 5.26 Å². The number of hydrogen-bond acceptors (Lipinski definition) is 5. The van der Waals surface area contributed by atoms with E-state index in [-0.39, 0.29) is 5.92 Å². The van der Waals surface area contributed by atoms with E-state index in [1.54, 1.807) is 0 Å². The first-order chi connectivity index (χ1) is 9.61. The van der Waals surface area contributed by atoms with Crippen LogP contribution in [0.2, 0.25) is 0 Å². The van der Waals surface area contributed by atoms with Gasteiger partial charge < -0.3 is 10.3 Å². The maximum atomic E-state index is 9.34. The Morgan fingerprint density at radius 2 is 2.45 bits per heavy atom. The van der Waals surface area contributed by atoms with Crippen molar-refractivity contribution in [1.82, 2.24) is 5.16 Å². The van der Waals surface area contributed by atoms with Crippen LogP contribution in [-0.2, 0) is 6.42 Å². The lowest BCUT2D eigenvalue weighted by Gasteiger charge is -2.20.